The number of likely N-dealkylation sites (N-methyl/N-ethyl adjacent to an activating group) is 1. The van der Waals surface area contributed by atoms with Gasteiger partial charge in [-0.1, -0.05) is 52.8 Å². The van der Waals surface area contributed by atoms with Gasteiger partial charge in [0, 0.05) is 6.04 Å². The summed E-state index contributed by atoms with van der Waals surface area (Å²) in [4.78, 5) is 0. The summed E-state index contributed by atoms with van der Waals surface area (Å²) in [5.74, 6) is 1.56. The summed E-state index contributed by atoms with van der Waals surface area (Å²) in [5, 5.41) is 3.67. The van der Waals surface area contributed by atoms with E-state index in [1.807, 2.05) is 0 Å². The zero-order valence-electron chi connectivity index (χ0n) is 14.3. The quantitative estimate of drug-likeness (QED) is 0.845. The summed E-state index contributed by atoms with van der Waals surface area (Å²) < 4.78 is 6.49. The Morgan fingerprint density at radius 3 is 2.67 bits per heavy atom. The fourth-order valence-corrected chi connectivity index (χ4v) is 3.57. The molecule has 2 heteroatoms. The minimum atomic E-state index is 0.272. The molecule has 0 saturated heterocycles. The molecule has 1 saturated carbocycles. The number of hydrogen-bond acceptors (Lipinski definition) is 2. The molecule has 2 atom stereocenters. The minimum Gasteiger partial charge on any atom is -0.488 e. The lowest BCUT2D eigenvalue weighted by Crippen LogP contribution is -2.54. The summed E-state index contributed by atoms with van der Waals surface area (Å²) in [6.07, 6.45) is 3.95. The SMILES string of the molecule is CCNC1C(Oc2ccccc2C(C)C)CCCC1(C)C. The number of hydrogen-bond donors (Lipinski definition) is 1. The molecule has 0 aliphatic heterocycles. The first-order valence-electron chi connectivity index (χ1n) is 8.44. The third-order valence-electron chi connectivity index (χ3n) is 4.77. The Balaban J connectivity index is 2.20. The van der Waals surface area contributed by atoms with Gasteiger partial charge in [0.25, 0.3) is 0 Å². The van der Waals surface area contributed by atoms with Crippen LogP contribution in [0, 0.1) is 5.41 Å². The van der Waals surface area contributed by atoms with Gasteiger partial charge in [0.05, 0.1) is 0 Å². The Labute approximate surface area is 130 Å². The zero-order chi connectivity index (χ0) is 15.5. The van der Waals surface area contributed by atoms with Crippen LogP contribution < -0.4 is 10.1 Å². The van der Waals surface area contributed by atoms with Gasteiger partial charge in [-0.25, -0.2) is 0 Å². The number of nitrogens with one attached hydrogen (secondary N) is 1. The number of para-hydroxylation sites is 1. The monoisotopic (exact) mass is 289 g/mol. The van der Waals surface area contributed by atoms with Crippen molar-refractivity contribution in [3.8, 4) is 5.75 Å². The van der Waals surface area contributed by atoms with Crippen molar-refractivity contribution in [2.45, 2.75) is 71.9 Å². The summed E-state index contributed by atoms with van der Waals surface area (Å²) in [7, 11) is 0. The Kier molecular flexibility index (Phi) is 5.32. The predicted octanol–water partition coefficient (Wildman–Crippen LogP) is 4.75. The van der Waals surface area contributed by atoms with E-state index in [-0.39, 0.29) is 6.10 Å². The van der Waals surface area contributed by atoms with Gasteiger partial charge in [-0.2, -0.15) is 0 Å². The molecular weight excluding hydrogens is 258 g/mol. The maximum Gasteiger partial charge on any atom is 0.123 e. The molecular formula is C19H31NO. The molecule has 0 spiro atoms. The van der Waals surface area contributed by atoms with E-state index in [9.17, 15) is 0 Å². The molecule has 0 radical (unpaired) electrons. The Morgan fingerprint density at radius 2 is 2.00 bits per heavy atom. The highest BCUT2D eigenvalue weighted by atomic mass is 16.5. The average Bonchev–Trinajstić information content (AvgIpc) is 2.43. The van der Waals surface area contributed by atoms with Crippen molar-refractivity contribution in [1.29, 1.82) is 0 Å². The molecule has 0 bridgehead atoms. The van der Waals surface area contributed by atoms with Crippen molar-refractivity contribution in [2.75, 3.05) is 6.54 Å². The van der Waals surface area contributed by atoms with Crippen LogP contribution in [-0.2, 0) is 0 Å². The van der Waals surface area contributed by atoms with Crippen LogP contribution in [0.2, 0.25) is 0 Å². The summed E-state index contributed by atoms with van der Waals surface area (Å²) in [6.45, 7) is 12.4. The van der Waals surface area contributed by atoms with Crippen LogP contribution in [0.4, 0.5) is 0 Å². The minimum absolute atomic E-state index is 0.272. The van der Waals surface area contributed by atoms with Gasteiger partial charge in [-0.15, -0.1) is 0 Å². The van der Waals surface area contributed by atoms with Crippen molar-refractivity contribution in [3.05, 3.63) is 29.8 Å². The lowest BCUT2D eigenvalue weighted by Gasteiger charge is -2.44. The molecule has 118 valence electrons. The standard InChI is InChI=1S/C19H31NO/c1-6-20-18-17(12-9-13-19(18,4)5)21-16-11-8-7-10-15(16)14(2)3/h7-8,10-11,14,17-18,20H,6,9,12-13H2,1-5H3. The Bertz CT molecular complexity index is 453. The topological polar surface area (TPSA) is 21.3 Å². The molecule has 21 heavy (non-hydrogen) atoms. The zero-order valence-corrected chi connectivity index (χ0v) is 14.3. The molecule has 0 amide bonds. The second kappa shape index (κ2) is 6.83. The van der Waals surface area contributed by atoms with E-state index in [0.717, 1.165) is 18.7 Å². The van der Waals surface area contributed by atoms with E-state index in [1.165, 1.54) is 18.4 Å². The average molecular weight is 289 g/mol. The second-order valence-corrected chi connectivity index (χ2v) is 7.26. The largest absolute Gasteiger partial charge is 0.488 e. The van der Waals surface area contributed by atoms with E-state index in [2.05, 4.69) is 64.2 Å². The molecule has 1 aliphatic rings. The van der Waals surface area contributed by atoms with Crippen molar-refractivity contribution in [1.82, 2.24) is 5.32 Å². The first-order valence-corrected chi connectivity index (χ1v) is 8.44. The third kappa shape index (κ3) is 3.79. The van der Waals surface area contributed by atoms with Crippen LogP contribution >= 0.6 is 0 Å². The van der Waals surface area contributed by atoms with Crippen LogP contribution in [-0.4, -0.2) is 18.7 Å². The second-order valence-electron chi connectivity index (χ2n) is 7.26. The highest BCUT2D eigenvalue weighted by Gasteiger charge is 2.39. The molecule has 0 heterocycles. The van der Waals surface area contributed by atoms with Gasteiger partial charge in [-0.3, -0.25) is 0 Å². The van der Waals surface area contributed by atoms with Crippen molar-refractivity contribution >= 4 is 0 Å². The molecule has 0 aromatic heterocycles. The first-order chi connectivity index (χ1) is 9.95. The lowest BCUT2D eigenvalue weighted by molar-refractivity contribution is 0.0365. The normalized spacial score (nSPS) is 25.0. The molecule has 1 aromatic rings. The van der Waals surface area contributed by atoms with Crippen molar-refractivity contribution in [2.24, 2.45) is 5.41 Å². The summed E-state index contributed by atoms with van der Waals surface area (Å²) >= 11 is 0. The highest BCUT2D eigenvalue weighted by Crippen LogP contribution is 2.38. The van der Waals surface area contributed by atoms with Crippen molar-refractivity contribution < 1.29 is 4.74 Å². The van der Waals surface area contributed by atoms with Crippen LogP contribution in [0.15, 0.2) is 24.3 Å². The number of rotatable bonds is 5. The van der Waals surface area contributed by atoms with Crippen LogP contribution in [0.1, 0.15) is 65.4 Å². The van der Waals surface area contributed by atoms with Crippen LogP contribution in [0.25, 0.3) is 0 Å². The maximum atomic E-state index is 6.49. The van der Waals surface area contributed by atoms with E-state index >= 15 is 0 Å². The lowest BCUT2D eigenvalue weighted by atomic mass is 9.71. The first kappa shape index (κ1) is 16.4. The molecule has 1 aliphatic carbocycles. The number of benzene rings is 1. The van der Waals surface area contributed by atoms with Gasteiger partial charge in [0.15, 0.2) is 0 Å². The fraction of sp³-hybridized carbons (Fsp3) is 0.684. The summed E-state index contributed by atoms with van der Waals surface area (Å²) in [6, 6.07) is 8.93. The molecule has 1 N–H and O–H groups in total. The number of ether oxygens (including phenoxy) is 1. The van der Waals surface area contributed by atoms with E-state index < -0.39 is 0 Å². The maximum absolute atomic E-state index is 6.49. The van der Waals surface area contributed by atoms with Gasteiger partial charge < -0.3 is 10.1 Å². The summed E-state index contributed by atoms with van der Waals surface area (Å²) in [5.41, 5.74) is 1.61. The van der Waals surface area contributed by atoms with Gasteiger partial charge in [-0.05, 0) is 48.8 Å². The molecule has 2 unspecified atom stereocenters. The van der Waals surface area contributed by atoms with Gasteiger partial charge >= 0.3 is 0 Å². The Hall–Kier alpha value is -1.02. The van der Waals surface area contributed by atoms with E-state index in [1.54, 1.807) is 0 Å². The molecule has 1 fully saturated rings. The molecule has 1 aromatic carbocycles. The molecule has 2 rings (SSSR count). The smallest absolute Gasteiger partial charge is 0.123 e. The molecule has 2 nitrogen and oxygen atoms in total. The van der Waals surface area contributed by atoms with Crippen LogP contribution in [0.3, 0.4) is 0 Å². The predicted molar refractivity (Wildman–Crippen MR) is 90.0 cm³/mol. The third-order valence-corrected chi connectivity index (χ3v) is 4.77. The fourth-order valence-electron chi connectivity index (χ4n) is 3.57. The van der Waals surface area contributed by atoms with Gasteiger partial charge in [0.1, 0.15) is 11.9 Å². The van der Waals surface area contributed by atoms with E-state index in [0.29, 0.717) is 17.4 Å². The van der Waals surface area contributed by atoms with E-state index in [4.69, 9.17) is 4.74 Å². The Morgan fingerprint density at radius 1 is 1.29 bits per heavy atom. The highest BCUT2D eigenvalue weighted by molar-refractivity contribution is 5.36. The van der Waals surface area contributed by atoms with Gasteiger partial charge in [0.2, 0.25) is 0 Å². The van der Waals surface area contributed by atoms with Crippen LogP contribution in [0.5, 0.6) is 5.75 Å². The van der Waals surface area contributed by atoms with Crippen molar-refractivity contribution in [3.63, 3.8) is 0 Å².